The number of likely N-dealkylation sites (N-methyl/N-ethyl adjacent to an activating group) is 1. The maximum Gasteiger partial charge on any atom is 0.252 e. The number of ether oxygens (including phenoxy) is 2. The van der Waals surface area contributed by atoms with E-state index in [4.69, 9.17) is 9.47 Å². The van der Waals surface area contributed by atoms with Crippen LogP contribution >= 0.6 is 0 Å². The fourth-order valence-electron chi connectivity index (χ4n) is 3.11. The van der Waals surface area contributed by atoms with Crippen molar-refractivity contribution in [1.29, 1.82) is 0 Å². The Bertz CT molecular complexity index is 563. The Labute approximate surface area is 142 Å². The number of rotatable bonds is 5. The predicted octanol–water partition coefficient (Wildman–Crippen LogP) is 0.716. The molecule has 0 bridgehead atoms. The van der Waals surface area contributed by atoms with Crippen LogP contribution in [0.15, 0.2) is 18.5 Å². The van der Waals surface area contributed by atoms with Crippen molar-refractivity contribution in [3.05, 3.63) is 24.0 Å². The Kier molecular flexibility index (Phi) is 5.33. The molecule has 2 aliphatic heterocycles. The van der Waals surface area contributed by atoms with E-state index in [1.165, 1.54) is 0 Å². The molecule has 0 saturated carbocycles. The van der Waals surface area contributed by atoms with E-state index in [0.717, 1.165) is 38.2 Å². The second-order valence-corrected chi connectivity index (χ2v) is 6.59. The van der Waals surface area contributed by atoms with Gasteiger partial charge in [0.1, 0.15) is 0 Å². The number of aromatic nitrogens is 1. The Morgan fingerprint density at radius 3 is 2.67 bits per heavy atom. The highest BCUT2D eigenvalue weighted by molar-refractivity contribution is 5.94. The summed E-state index contributed by atoms with van der Waals surface area (Å²) in [6.07, 6.45) is 5.10. The SMILES string of the molecule is CN(C)CCNC(=O)c1cncc(N2CCC3(CC2)OCCO3)c1. The average molecular weight is 334 g/mol. The van der Waals surface area contributed by atoms with E-state index >= 15 is 0 Å². The quantitative estimate of drug-likeness (QED) is 0.856. The molecule has 1 amide bonds. The smallest absolute Gasteiger partial charge is 0.252 e. The molecule has 2 fully saturated rings. The Morgan fingerprint density at radius 2 is 2.00 bits per heavy atom. The molecular formula is C17H26N4O3. The number of nitrogens with zero attached hydrogens (tertiary/aromatic N) is 3. The predicted molar refractivity (Wildman–Crippen MR) is 91.2 cm³/mol. The summed E-state index contributed by atoms with van der Waals surface area (Å²) in [6.45, 7) is 4.49. The van der Waals surface area contributed by atoms with Crippen molar-refractivity contribution in [3.63, 3.8) is 0 Å². The lowest BCUT2D eigenvalue weighted by Crippen LogP contribution is -2.45. The molecule has 1 aromatic heterocycles. The number of nitrogens with one attached hydrogen (secondary N) is 1. The first kappa shape index (κ1) is 17.1. The van der Waals surface area contributed by atoms with Crippen LogP contribution < -0.4 is 10.2 Å². The minimum Gasteiger partial charge on any atom is -0.370 e. The lowest BCUT2D eigenvalue weighted by Gasteiger charge is -2.38. The van der Waals surface area contributed by atoms with Gasteiger partial charge in [0.25, 0.3) is 5.91 Å². The third kappa shape index (κ3) is 4.03. The van der Waals surface area contributed by atoms with E-state index in [-0.39, 0.29) is 11.7 Å². The topological polar surface area (TPSA) is 66.9 Å². The molecule has 0 unspecified atom stereocenters. The monoisotopic (exact) mass is 334 g/mol. The van der Waals surface area contributed by atoms with Crippen molar-refractivity contribution in [2.45, 2.75) is 18.6 Å². The minimum atomic E-state index is -0.384. The van der Waals surface area contributed by atoms with Crippen molar-refractivity contribution in [2.75, 3.05) is 58.4 Å². The van der Waals surface area contributed by atoms with Crippen molar-refractivity contribution in [1.82, 2.24) is 15.2 Å². The molecule has 7 heteroatoms. The number of carbonyl (C=O) groups is 1. The number of carbonyl (C=O) groups excluding carboxylic acids is 1. The fourth-order valence-corrected chi connectivity index (χ4v) is 3.11. The van der Waals surface area contributed by atoms with E-state index in [1.54, 1.807) is 6.20 Å². The zero-order chi connectivity index (χ0) is 17.0. The molecule has 0 atom stereocenters. The number of hydrogen-bond donors (Lipinski definition) is 1. The molecule has 0 aromatic carbocycles. The average Bonchev–Trinajstić information content (AvgIpc) is 3.03. The largest absolute Gasteiger partial charge is 0.370 e. The molecule has 7 nitrogen and oxygen atoms in total. The van der Waals surface area contributed by atoms with Gasteiger partial charge in [-0.2, -0.15) is 0 Å². The second kappa shape index (κ2) is 7.46. The maximum atomic E-state index is 12.2. The third-order valence-electron chi connectivity index (χ3n) is 4.53. The van der Waals surface area contributed by atoms with Crippen LogP contribution in [0, 0.1) is 0 Å². The number of amides is 1. The summed E-state index contributed by atoms with van der Waals surface area (Å²) in [6, 6.07) is 1.91. The van der Waals surface area contributed by atoms with Gasteiger partial charge in [0, 0.05) is 45.2 Å². The van der Waals surface area contributed by atoms with Gasteiger partial charge in [0.2, 0.25) is 0 Å². The van der Waals surface area contributed by atoms with E-state index in [9.17, 15) is 4.79 Å². The summed E-state index contributed by atoms with van der Waals surface area (Å²) in [5, 5.41) is 2.92. The zero-order valence-electron chi connectivity index (χ0n) is 14.5. The van der Waals surface area contributed by atoms with Gasteiger partial charge in [-0.1, -0.05) is 0 Å². The fraction of sp³-hybridized carbons (Fsp3) is 0.647. The molecule has 0 radical (unpaired) electrons. The molecule has 24 heavy (non-hydrogen) atoms. The minimum absolute atomic E-state index is 0.0814. The summed E-state index contributed by atoms with van der Waals surface area (Å²) < 4.78 is 11.5. The number of anilines is 1. The molecule has 1 spiro atoms. The molecule has 1 N–H and O–H groups in total. The summed E-state index contributed by atoms with van der Waals surface area (Å²) in [4.78, 5) is 20.7. The van der Waals surface area contributed by atoms with Gasteiger partial charge in [-0.15, -0.1) is 0 Å². The molecule has 132 valence electrons. The van der Waals surface area contributed by atoms with E-state index < -0.39 is 0 Å². The van der Waals surface area contributed by atoms with Crippen LogP contribution in [0.25, 0.3) is 0 Å². The summed E-state index contributed by atoms with van der Waals surface area (Å²) in [5.74, 6) is -0.465. The van der Waals surface area contributed by atoms with Gasteiger partial charge in [-0.25, -0.2) is 0 Å². The highest BCUT2D eigenvalue weighted by Crippen LogP contribution is 2.33. The van der Waals surface area contributed by atoms with E-state index in [0.29, 0.717) is 25.3 Å². The lowest BCUT2D eigenvalue weighted by atomic mass is 10.0. The van der Waals surface area contributed by atoms with Crippen molar-refractivity contribution >= 4 is 11.6 Å². The highest BCUT2D eigenvalue weighted by atomic mass is 16.7. The standard InChI is InChI=1S/C17H26N4O3/c1-20(2)8-5-19-16(22)14-11-15(13-18-12-14)21-6-3-17(4-7-21)23-9-10-24-17/h11-13H,3-10H2,1-2H3,(H,19,22). The van der Waals surface area contributed by atoms with Gasteiger partial charge in [-0.05, 0) is 20.2 Å². The molecule has 2 aliphatic rings. The summed E-state index contributed by atoms with van der Waals surface area (Å²) in [7, 11) is 3.96. The number of piperidine rings is 1. The van der Waals surface area contributed by atoms with Crippen LogP contribution in [0.5, 0.6) is 0 Å². The van der Waals surface area contributed by atoms with Gasteiger partial charge in [0.15, 0.2) is 5.79 Å². The molecule has 3 heterocycles. The van der Waals surface area contributed by atoms with Gasteiger partial charge in [-0.3, -0.25) is 9.78 Å². The molecule has 2 saturated heterocycles. The van der Waals surface area contributed by atoms with E-state index in [1.807, 2.05) is 31.3 Å². The lowest BCUT2D eigenvalue weighted by molar-refractivity contribution is -0.169. The van der Waals surface area contributed by atoms with Crippen molar-refractivity contribution in [3.8, 4) is 0 Å². The van der Waals surface area contributed by atoms with Crippen LogP contribution in [0.1, 0.15) is 23.2 Å². The first-order valence-corrected chi connectivity index (χ1v) is 8.49. The van der Waals surface area contributed by atoms with Crippen molar-refractivity contribution < 1.29 is 14.3 Å². The second-order valence-electron chi connectivity index (χ2n) is 6.59. The number of pyridine rings is 1. The Morgan fingerprint density at radius 1 is 1.29 bits per heavy atom. The van der Waals surface area contributed by atoms with Crippen LogP contribution in [0.2, 0.25) is 0 Å². The first-order valence-electron chi connectivity index (χ1n) is 8.49. The van der Waals surface area contributed by atoms with Crippen LogP contribution in [0.4, 0.5) is 5.69 Å². The maximum absolute atomic E-state index is 12.2. The van der Waals surface area contributed by atoms with Crippen LogP contribution in [0.3, 0.4) is 0 Å². The third-order valence-corrected chi connectivity index (χ3v) is 4.53. The molecule has 0 aliphatic carbocycles. The van der Waals surface area contributed by atoms with Gasteiger partial charge in [0.05, 0.1) is 30.7 Å². The normalized spacial score (nSPS) is 19.9. The van der Waals surface area contributed by atoms with Gasteiger partial charge >= 0.3 is 0 Å². The number of hydrogen-bond acceptors (Lipinski definition) is 6. The first-order chi connectivity index (χ1) is 11.6. The summed E-state index contributed by atoms with van der Waals surface area (Å²) in [5.41, 5.74) is 1.57. The van der Waals surface area contributed by atoms with Crippen molar-refractivity contribution in [2.24, 2.45) is 0 Å². The van der Waals surface area contributed by atoms with Crippen LogP contribution in [-0.4, -0.2) is 75.1 Å². The van der Waals surface area contributed by atoms with Gasteiger partial charge < -0.3 is 24.6 Å². The Balaban J connectivity index is 1.58. The molecule has 3 rings (SSSR count). The van der Waals surface area contributed by atoms with E-state index in [2.05, 4.69) is 15.2 Å². The Hall–Kier alpha value is -1.70. The summed E-state index contributed by atoms with van der Waals surface area (Å²) >= 11 is 0. The molecule has 1 aromatic rings. The highest BCUT2D eigenvalue weighted by Gasteiger charge is 2.39. The zero-order valence-corrected chi connectivity index (χ0v) is 14.5. The molecular weight excluding hydrogens is 308 g/mol. The van der Waals surface area contributed by atoms with Crippen LogP contribution in [-0.2, 0) is 9.47 Å².